The number of hydrogen-bond acceptors (Lipinski definition) is 3. The predicted octanol–water partition coefficient (Wildman–Crippen LogP) is 0.848. The van der Waals surface area contributed by atoms with E-state index in [9.17, 15) is 4.79 Å². The minimum absolute atomic E-state index is 0.0949. The molecule has 1 rings (SSSR count). The van der Waals surface area contributed by atoms with Gasteiger partial charge in [-0.05, 0) is 5.75 Å². The van der Waals surface area contributed by atoms with Gasteiger partial charge in [0.1, 0.15) is 6.10 Å². The van der Waals surface area contributed by atoms with Crippen LogP contribution in [0.5, 0.6) is 0 Å². The third-order valence-electron chi connectivity index (χ3n) is 1.26. The fourth-order valence-electron chi connectivity index (χ4n) is 0.774. The fourth-order valence-corrected chi connectivity index (χ4v) is 1.46. The standard InChI is InChI=1S/C6H11NO2S/c1-2-10-4-5-3-7-6(8)9-5/h5H,2-4H2,1H3,(H,7,8). The molecule has 1 atom stereocenters. The normalized spacial score (nSPS) is 24.1. The second-order valence-corrected chi connectivity index (χ2v) is 3.39. The van der Waals surface area contributed by atoms with E-state index >= 15 is 0 Å². The van der Waals surface area contributed by atoms with Crippen LogP contribution in [0.3, 0.4) is 0 Å². The van der Waals surface area contributed by atoms with Gasteiger partial charge in [-0.3, -0.25) is 0 Å². The van der Waals surface area contributed by atoms with Crippen molar-refractivity contribution in [1.82, 2.24) is 5.32 Å². The number of cyclic esters (lactones) is 1. The summed E-state index contributed by atoms with van der Waals surface area (Å²) in [5.74, 6) is 1.99. The van der Waals surface area contributed by atoms with Crippen LogP contribution in [0.1, 0.15) is 6.92 Å². The molecule has 1 aliphatic heterocycles. The number of carbonyl (C=O) groups excluding carboxylic acids is 1. The van der Waals surface area contributed by atoms with Crippen molar-refractivity contribution in [2.45, 2.75) is 13.0 Å². The number of rotatable bonds is 3. The maximum Gasteiger partial charge on any atom is 0.407 e. The third kappa shape index (κ3) is 2.10. The first-order valence-electron chi connectivity index (χ1n) is 3.35. The van der Waals surface area contributed by atoms with Crippen molar-refractivity contribution in [3.8, 4) is 0 Å². The van der Waals surface area contributed by atoms with Crippen LogP contribution in [0.2, 0.25) is 0 Å². The predicted molar refractivity (Wildman–Crippen MR) is 41.3 cm³/mol. The number of thioether (sulfide) groups is 1. The Morgan fingerprint density at radius 1 is 1.90 bits per heavy atom. The summed E-state index contributed by atoms with van der Waals surface area (Å²) in [6.45, 7) is 2.76. The van der Waals surface area contributed by atoms with E-state index in [1.807, 2.05) is 0 Å². The molecule has 0 saturated carbocycles. The quantitative estimate of drug-likeness (QED) is 0.666. The molecule has 1 saturated heterocycles. The lowest BCUT2D eigenvalue weighted by Gasteiger charge is -2.04. The molecular weight excluding hydrogens is 150 g/mol. The lowest BCUT2D eigenvalue weighted by molar-refractivity contribution is 0.150. The zero-order chi connectivity index (χ0) is 7.40. The highest BCUT2D eigenvalue weighted by Crippen LogP contribution is 2.08. The van der Waals surface area contributed by atoms with Crippen LogP contribution in [0.15, 0.2) is 0 Å². The molecule has 0 spiro atoms. The molecule has 1 fully saturated rings. The average Bonchev–Trinajstić information content (AvgIpc) is 2.31. The number of nitrogens with one attached hydrogen (secondary N) is 1. The first kappa shape index (κ1) is 7.72. The minimum atomic E-state index is -0.276. The van der Waals surface area contributed by atoms with E-state index < -0.39 is 0 Å². The summed E-state index contributed by atoms with van der Waals surface area (Å²) in [5, 5.41) is 2.60. The second-order valence-electron chi connectivity index (χ2n) is 2.07. The molecule has 1 N–H and O–H groups in total. The SMILES string of the molecule is CCSCC1CNC(=O)O1. The van der Waals surface area contributed by atoms with Crippen molar-refractivity contribution in [2.75, 3.05) is 18.1 Å². The van der Waals surface area contributed by atoms with Gasteiger partial charge in [-0.2, -0.15) is 11.8 Å². The molecule has 0 radical (unpaired) electrons. The molecule has 10 heavy (non-hydrogen) atoms. The Kier molecular flexibility index (Phi) is 2.86. The summed E-state index contributed by atoms with van der Waals surface area (Å²) in [6.07, 6.45) is -0.181. The summed E-state index contributed by atoms with van der Waals surface area (Å²) in [7, 11) is 0. The Balaban J connectivity index is 2.12. The van der Waals surface area contributed by atoms with Crippen LogP contribution in [-0.2, 0) is 4.74 Å². The highest BCUT2D eigenvalue weighted by atomic mass is 32.2. The van der Waals surface area contributed by atoms with Crippen molar-refractivity contribution in [3.05, 3.63) is 0 Å². The molecule has 1 heterocycles. The van der Waals surface area contributed by atoms with Crippen molar-refractivity contribution < 1.29 is 9.53 Å². The first-order valence-corrected chi connectivity index (χ1v) is 4.50. The summed E-state index contributed by atoms with van der Waals surface area (Å²) in [5.41, 5.74) is 0. The first-order chi connectivity index (χ1) is 4.83. The van der Waals surface area contributed by atoms with Gasteiger partial charge in [0.25, 0.3) is 0 Å². The van der Waals surface area contributed by atoms with E-state index in [0.29, 0.717) is 6.54 Å². The van der Waals surface area contributed by atoms with Crippen molar-refractivity contribution >= 4 is 17.9 Å². The fraction of sp³-hybridized carbons (Fsp3) is 0.833. The van der Waals surface area contributed by atoms with Crippen LogP contribution in [-0.4, -0.2) is 30.2 Å². The Hall–Kier alpha value is -0.380. The summed E-state index contributed by atoms with van der Waals surface area (Å²) >= 11 is 1.79. The third-order valence-corrected chi connectivity index (χ3v) is 2.27. The van der Waals surface area contributed by atoms with Crippen molar-refractivity contribution in [3.63, 3.8) is 0 Å². The number of carbonyl (C=O) groups is 1. The smallest absolute Gasteiger partial charge is 0.407 e. The molecule has 0 aliphatic carbocycles. The summed E-state index contributed by atoms with van der Waals surface area (Å²) < 4.78 is 4.89. The monoisotopic (exact) mass is 161 g/mol. The van der Waals surface area contributed by atoms with Crippen LogP contribution in [0.4, 0.5) is 4.79 Å². The number of amides is 1. The van der Waals surface area contributed by atoms with Gasteiger partial charge in [0.15, 0.2) is 0 Å². The zero-order valence-corrected chi connectivity index (χ0v) is 6.74. The molecule has 0 bridgehead atoms. The van der Waals surface area contributed by atoms with E-state index in [1.54, 1.807) is 11.8 Å². The van der Waals surface area contributed by atoms with Gasteiger partial charge in [0.2, 0.25) is 0 Å². The van der Waals surface area contributed by atoms with Gasteiger partial charge in [-0.15, -0.1) is 0 Å². The molecule has 0 aromatic carbocycles. The highest BCUT2D eigenvalue weighted by molar-refractivity contribution is 7.99. The molecule has 1 amide bonds. The Bertz CT molecular complexity index is 129. The van der Waals surface area contributed by atoms with Crippen LogP contribution >= 0.6 is 11.8 Å². The number of alkyl carbamates (subject to hydrolysis) is 1. The van der Waals surface area contributed by atoms with E-state index in [1.165, 1.54) is 0 Å². The van der Waals surface area contributed by atoms with Crippen LogP contribution < -0.4 is 5.32 Å². The van der Waals surface area contributed by atoms with Crippen molar-refractivity contribution in [1.29, 1.82) is 0 Å². The minimum Gasteiger partial charge on any atom is -0.443 e. The zero-order valence-electron chi connectivity index (χ0n) is 5.92. The Labute approximate surface area is 64.5 Å². The van der Waals surface area contributed by atoms with Crippen LogP contribution in [0, 0.1) is 0 Å². The van der Waals surface area contributed by atoms with Crippen LogP contribution in [0.25, 0.3) is 0 Å². The largest absolute Gasteiger partial charge is 0.443 e. The molecule has 0 aromatic rings. The molecular formula is C6H11NO2S. The Morgan fingerprint density at radius 2 is 2.70 bits per heavy atom. The lowest BCUT2D eigenvalue weighted by atomic mass is 10.4. The number of hydrogen-bond donors (Lipinski definition) is 1. The topological polar surface area (TPSA) is 38.3 Å². The number of ether oxygens (including phenoxy) is 1. The maximum atomic E-state index is 10.5. The average molecular weight is 161 g/mol. The molecule has 58 valence electrons. The molecule has 4 heteroatoms. The summed E-state index contributed by atoms with van der Waals surface area (Å²) in [4.78, 5) is 10.5. The lowest BCUT2D eigenvalue weighted by Crippen LogP contribution is -2.16. The van der Waals surface area contributed by atoms with E-state index in [2.05, 4.69) is 12.2 Å². The van der Waals surface area contributed by atoms with Gasteiger partial charge < -0.3 is 10.1 Å². The Morgan fingerprint density at radius 3 is 3.20 bits per heavy atom. The highest BCUT2D eigenvalue weighted by Gasteiger charge is 2.21. The maximum absolute atomic E-state index is 10.5. The molecule has 1 unspecified atom stereocenters. The summed E-state index contributed by atoms with van der Waals surface area (Å²) in [6, 6.07) is 0. The van der Waals surface area contributed by atoms with Gasteiger partial charge in [-0.1, -0.05) is 6.92 Å². The molecule has 3 nitrogen and oxygen atoms in total. The van der Waals surface area contributed by atoms with Gasteiger partial charge in [-0.25, -0.2) is 4.79 Å². The van der Waals surface area contributed by atoms with Crippen molar-refractivity contribution in [2.24, 2.45) is 0 Å². The van der Waals surface area contributed by atoms with Gasteiger partial charge in [0, 0.05) is 5.75 Å². The second kappa shape index (κ2) is 3.71. The van der Waals surface area contributed by atoms with E-state index in [4.69, 9.17) is 4.74 Å². The van der Waals surface area contributed by atoms with E-state index in [0.717, 1.165) is 11.5 Å². The molecule has 1 aliphatic rings. The van der Waals surface area contributed by atoms with E-state index in [-0.39, 0.29) is 12.2 Å². The van der Waals surface area contributed by atoms with Gasteiger partial charge in [0.05, 0.1) is 6.54 Å². The molecule has 0 aromatic heterocycles. The van der Waals surface area contributed by atoms with Gasteiger partial charge >= 0.3 is 6.09 Å².